The number of amides is 1. The summed E-state index contributed by atoms with van der Waals surface area (Å²) in [5, 5.41) is 0. The van der Waals surface area contributed by atoms with E-state index >= 15 is 0 Å². The van der Waals surface area contributed by atoms with Crippen LogP contribution in [-0.4, -0.2) is 38.4 Å². The second-order valence-corrected chi connectivity index (χ2v) is 8.70. The number of hydrogen-bond donors (Lipinski definition) is 2. The highest BCUT2D eigenvalue weighted by molar-refractivity contribution is 7.92. The van der Waals surface area contributed by atoms with Gasteiger partial charge in [-0.1, -0.05) is 31.2 Å². The molecular formula is C20H26ClN3O3S. The quantitative estimate of drug-likeness (QED) is 0.772. The van der Waals surface area contributed by atoms with Crippen molar-refractivity contribution >= 4 is 34.0 Å². The first-order valence-corrected chi connectivity index (χ1v) is 10.6. The van der Waals surface area contributed by atoms with Gasteiger partial charge < -0.3 is 10.6 Å². The van der Waals surface area contributed by atoms with Gasteiger partial charge in [0.2, 0.25) is 0 Å². The highest BCUT2D eigenvalue weighted by Gasteiger charge is 2.29. The predicted molar refractivity (Wildman–Crippen MR) is 113 cm³/mol. The fourth-order valence-electron chi connectivity index (χ4n) is 3.44. The fourth-order valence-corrected chi connectivity index (χ4v) is 4.51. The van der Waals surface area contributed by atoms with Crippen LogP contribution in [-0.2, 0) is 10.0 Å². The minimum atomic E-state index is -3.70. The lowest BCUT2D eigenvalue weighted by Gasteiger charge is -2.38. The van der Waals surface area contributed by atoms with Gasteiger partial charge in [-0.05, 0) is 49.1 Å². The van der Waals surface area contributed by atoms with Crippen LogP contribution in [0.2, 0.25) is 0 Å². The van der Waals surface area contributed by atoms with Crippen LogP contribution in [0.3, 0.4) is 0 Å². The predicted octanol–water partition coefficient (Wildman–Crippen LogP) is 3.11. The van der Waals surface area contributed by atoms with Gasteiger partial charge in [0.15, 0.2) is 0 Å². The van der Waals surface area contributed by atoms with Crippen molar-refractivity contribution in [1.29, 1.82) is 0 Å². The van der Waals surface area contributed by atoms with Gasteiger partial charge in [-0.3, -0.25) is 9.52 Å². The summed E-state index contributed by atoms with van der Waals surface area (Å²) in [4.78, 5) is 14.9. The summed E-state index contributed by atoms with van der Waals surface area (Å²) in [7, 11) is -3.70. The average molecular weight is 424 g/mol. The molecule has 1 aliphatic heterocycles. The summed E-state index contributed by atoms with van der Waals surface area (Å²) < 4.78 is 27.5. The molecule has 3 N–H and O–H groups in total. The molecule has 8 heteroatoms. The Hall–Kier alpha value is -2.09. The Balaban J connectivity index is 0.00000280. The smallest absolute Gasteiger partial charge is 0.261 e. The number of carbonyl (C=O) groups excluding carboxylic acids is 1. The Morgan fingerprint density at radius 1 is 1.18 bits per heavy atom. The van der Waals surface area contributed by atoms with Crippen LogP contribution in [0.25, 0.3) is 0 Å². The van der Waals surface area contributed by atoms with Crippen LogP contribution < -0.4 is 10.5 Å². The van der Waals surface area contributed by atoms with E-state index in [4.69, 9.17) is 5.73 Å². The minimum Gasteiger partial charge on any atom is -0.334 e. The van der Waals surface area contributed by atoms with Gasteiger partial charge in [-0.25, -0.2) is 8.42 Å². The molecular weight excluding hydrogens is 398 g/mol. The number of carbonyl (C=O) groups is 1. The van der Waals surface area contributed by atoms with Crippen LogP contribution in [0.15, 0.2) is 59.5 Å². The molecule has 0 spiro atoms. The highest BCUT2D eigenvalue weighted by Crippen LogP contribution is 2.25. The molecule has 28 heavy (non-hydrogen) atoms. The van der Waals surface area contributed by atoms with Crippen molar-refractivity contribution in [2.24, 2.45) is 11.7 Å². The third-order valence-corrected chi connectivity index (χ3v) is 6.32. The number of rotatable bonds is 5. The summed E-state index contributed by atoms with van der Waals surface area (Å²) >= 11 is 0. The Kier molecular flexibility index (Phi) is 7.46. The number of nitrogens with two attached hydrogens (primary N) is 1. The maximum absolute atomic E-state index is 13.0. The van der Waals surface area contributed by atoms with Gasteiger partial charge in [-0.2, -0.15) is 0 Å². The molecule has 1 amide bonds. The van der Waals surface area contributed by atoms with E-state index in [1.807, 2.05) is 4.90 Å². The molecule has 2 aromatic carbocycles. The summed E-state index contributed by atoms with van der Waals surface area (Å²) in [6, 6.07) is 14.8. The van der Waals surface area contributed by atoms with Crippen LogP contribution in [0.1, 0.15) is 30.1 Å². The molecule has 0 radical (unpaired) electrons. The van der Waals surface area contributed by atoms with Crippen LogP contribution in [0.4, 0.5) is 5.69 Å². The average Bonchev–Trinajstić information content (AvgIpc) is 2.68. The maximum Gasteiger partial charge on any atom is 0.261 e. The van der Waals surface area contributed by atoms with E-state index in [2.05, 4.69) is 11.6 Å². The van der Waals surface area contributed by atoms with Gasteiger partial charge >= 0.3 is 0 Å². The molecule has 0 saturated carbocycles. The van der Waals surface area contributed by atoms with Crippen molar-refractivity contribution in [3.8, 4) is 0 Å². The summed E-state index contributed by atoms with van der Waals surface area (Å²) in [5.41, 5.74) is 6.68. The second kappa shape index (κ2) is 9.41. The molecule has 1 saturated heterocycles. The van der Waals surface area contributed by atoms with Crippen molar-refractivity contribution in [1.82, 2.24) is 4.90 Å². The monoisotopic (exact) mass is 423 g/mol. The normalized spacial score (nSPS) is 19.6. The van der Waals surface area contributed by atoms with E-state index in [0.29, 0.717) is 30.3 Å². The zero-order chi connectivity index (χ0) is 19.4. The van der Waals surface area contributed by atoms with Gasteiger partial charge in [0, 0.05) is 30.4 Å². The topological polar surface area (TPSA) is 92.5 Å². The van der Waals surface area contributed by atoms with Crippen molar-refractivity contribution in [3.63, 3.8) is 0 Å². The molecule has 0 bridgehead atoms. The van der Waals surface area contributed by atoms with E-state index < -0.39 is 10.0 Å². The lowest BCUT2D eigenvalue weighted by atomic mass is 9.92. The number of likely N-dealkylation sites (tertiary alicyclic amines) is 1. The fraction of sp³-hybridized carbons (Fsp3) is 0.350. The van der Waals surface area contributed by atoms with Gasteiger partial charge in [0.1, 0.15) is 0 Å². The SMILES string of the molecule is CC1CCN(C(=O)c2cccc(NS(=O)(=O)c3ccccc3)c2)C(CN)C1.Cl. The Morgan fingerprint density at radius 3 is 2.57 bits per heavy atom. The molecule has 1 aliphatic rings. The third-order valence-electron chi connectivity index (χ3n) is 4.93. The van der Waals surface area contributed by atoms with Crippen molar-refractivity contribution < 1.29 is 13.2 Å². The number of benzene rings is 2. The molecule has 152 valence electrons. The zero-order valence-corrected chi connectivity index (χ0v) is 17.4. The van der Waals surface area contributed by atoms with Gasteiger partial charge in [0.25, 0.3) is 15.9 Å². The molecule has 2 aromatic rings. The van der Waals surface area contributed by atoms with E-state index in [9.17, 15) is 13.2 Å². The number of nitrogens with zero attached hydrogens (tertiary/aromatic N) is 1. The van der Waals surface area contributed by atoms with E-state index in [1.165, 1.54) is 12.1 Å². The third kappa shape index (κ3) is 5.04. The van der Waals surface area contributed by atoms with Crippen molar-refractivity contribution in [2.75, 3.05) is 17.8 Å². The van der Waals surface area contributed by atoms with E-state index in [-0.39, 0.29) is 29.3 Å². The van der Waals surface area contributed by atoms with Crippen molar-refractivity contribution in [3.05, 3.63) is 60.2 Å². The molecule has 2 unspecified atom stereocenters. The highest BCUT2D eigenvalue weighted by atomic mass is 35.5. The second-order valence-electron chi connectivity index (χ2n) is 7.02. The zero-order valence-electron chi connectivity index (χ0n) is 15.7. The van der Waals surface area contributed by atoms with Crippen LogP contribution in [0.5, 0.6) is 0 Å². The molecule has 3 rings (SSSR count). The van der Waals surface area contributed by atoms with Gasteiger partial charge in [-0.15, -0.1) is 12.4 Å². The summed E-state index contributed by atoms with van der Waals surface area (Å²) in [6.45, 7) is 3.27. The summed E-state index contributed by atoms with van der Waals surface area (Å²) in [6.07, 6.45) is 1.84. The first-order valence-electron chi connectivity index (χ1n) is 9.09. The number of halogens is 1. The van der Waals surface area contributed by atoms with Crippen LogP contribution in [0, 0.1) is 5.92 Å². The Morgan fingerprint density at radius 2 is 1.89 bits per heavy atom. The largest absolute Gasteiger partial charge is 0.334 e. The van der Waals surface area contributed by atoms with E-state index in [0.717, 1.165) is 12.8 Å². The molecule has 1 heterocycles. The molecule has 6 nitrogen and oxygen atoms in total. The number of anilines is 1. The Labute approximate surface area is 172 Å². The number of nitrogens with one attached hydrogen (secondary N) is 1. The number of hydrogen-bond acceptors (Lipinski definition) is 4. The summed E-state index contributed by atoms with van der Waals surface area (Å²) in [5.74, 6) is 0.435. The van der Waals surface area contributed by atoms with E-state index in [1.54, 1.807) is 42.5 Å². The minimum absolute atomic E-state index is 0. The first-order chi connectivity index (χ1) is 12.9. The van der Waals surface area contributed by atoms with Crippen LogP contribution >= 0.6 is 12.4 Å². The lowest BCUT2D eigenvalue weighted by molar-refractivity contribution is 0.0573. The molecule has 0 aromatic heterocycles. The molecule has 1 fully saturated rings. The standard InChI is InChI=1S/C20H25N3O3S.ClH/c1-15-10-11-23(18(12-15)14-21)20(24)16-6-5-7-17(13-16)22-27(25,26)19-8-3-2-4-9-19;/h2-9,13,15,18,22H,10-12,14,21H2,1H3;1H. The lowest BCUT2D eigenvalue weighted by Crippen LogP contribution is -2.49. The first kappa shape index (κ1) is 22.2. The molecule has 2 atom stereocenters. The van der Waals surface area contributed by atoms with Crippen molar-refractivity contribution in [2.45, 2.75) is 30.7 Å². The molecule has 0 aliphatic carbocycles. The Bertz CT molecular complexity index is 906. The maximum atomic E-state index is 13.0. The van der Waals surface area contributed by atoms with Gasteiger partial charge in [0.05, 0.1) is 4.90 Å². The number of piperidine rings is 1. The number of sulfonamides is 1.